The molecule has 1 atom stereocenters. The Hall–Kier alpha value is -3.00. The SMILES string of the molecule is N#CC1CC=C(c2nccn3ncc(-c4ccc(F)cc4)c23)CC1. The maximum atomic E-state index is 13.2. The number of hydrogen-bond acceptors (Lipinski definition) is 3. The fourth-order valence-electron chi connectivity index (χ4n) is 3.19. The van der Waals surface area contributed by atoms with Crippen LogP contribution in [0.2, 0.25) is 0 Å². The summed E-state index contributed by atoms with van der Waals surface area (Å²) >= 11 is 0. The van der Waals surface area contributed by atoms with E-state index in [0.717, 1.165) is 47.2 Å². The number of allylic oxidation sites excluding steroid dienone is 2. The molecule has 0 bridgehead atoms. The Balaban J connectivity index is 1.85. The predicted octanol–water partition coefficient (Wildman–Crippen LogP) is 4.24. The lowest BCUT2D eigenvalue weighted by molar-refractivity contribution is 0.603. The summed E-state index contributed by atoms with van der Waals surface area (Å²) in [5.41, 5.74) is 4.81. The molecular formula is C19H15FN4. The first-order valence-corrected chi connectivity index (χ1v) is 7.93. The molecule has 0 saturated heterocycles. The van der Waals surface area contributed by atoms with Gasteiger partial charge in [0.25, 0.3) is 0 Å². The highest BCUT2D eigenvalue weighted by Crippen LogP contribution is 2.34. The standard InChI is InChI=1S/C19H15FN4/c20-16-7-5-14(6-8-16)17-12-23-24-10-9-22-18(19(17)24)15-3-1-13(11-21)2-4-15/h3,5-10,12-13H,1-2,4H2. The molecule has 0 N–H and O–H groups in total. The average molecular weight is 318 g/mol. The van der Waals surface area contributed by atoms with Crippen LogP contribution in [0.4, 0.5) is 4.39 Å². The van der Waals surface area contributed by atoms with Gasteiger partial charge in [0, 0.05) is 18.0 Å². The van der Waals surface area contributed by atoms with Crippen LogP contribution in [-0.2, 0) is 0 Å². The molecule has 1 aliphatic carbocycles. The van der Waals surface area contributed by atoms with Crippen LogP contribution in [0.5, 0.6) is 0 Å². The zero-order valence-electron chi connectivity index (χ0n) is 13.0. The van der Waals surface area contributed by atoms with Gasteiger partial charge in [0.15, 0.2) is 0 Å². The molecule has 1 aliphatic rings. The summed E-state index contributed by atoms with van der Waals surface area (Å²) in [5, 5.41) is 13.5. The second-order valence-electron chi connectivity index (χ2n) is 5.96. The van der Waals surface area contributed by atoms with Gasteiger partial charge in [0.1, 0.15) is 5.82 Å². The van der Waals surface area contributed by atoms with Gasteiger partial charge in [-0.05, 0) is 42.5 Å². The Morgan fingerprint density at radius 2 is 2.08 bits per heavy atom. The van der Waals surface area contributed by atoms with E-state index >= 15 is 0 Å². The van der Waals surface area contributed by atoms with E-state index in [-0.39, 0.29) is 11.7 Å². The van der Waals surface area contributed by atoms with Crippen molar-refractivity contribution in [2.45, 2.75) is 19.3 Å². The molecule has 0 amide bonds. The number of rotatable bonds is 2. The van der Waals surface area contributed by atoms with Crippen molar-refractivity contribution in [3.63, 3.8) is 0 Å². The number of nitrogens with zero attached hydrogens (tertiary/aromatic N) is 4. The molecule has 5 heteroatoms. The second-order valence-corrected chi connectivity index (χ2v) is 5.96. The minimum Gasteiger partial charge on any atom is -0.253 e. The molecule has 0 aliphatic heterocycles. The summed E-state index contributed by atoms with van der Waals surface area (Å²) in [6.45, 7) is 0. The minimum absolute atomic E-state index is 0.0926. The van der Waals surface area contributed by atoms with Crippen LogP contribution in [0, 0.1) is 23.1 Å². The number of fused-ring (bicyclic) bond motifs is 1. The van der Waals surface area contributed by atoms with Crippen LogP contribution in [0.25, 0.3) is 22.2 Å². The summed E-state index contributed by atoms with van der Waals surface area (Å²) in [4.78, 5) is 4.57. The van der Waals surface area contributed by atoms with Crippen molar-refractivity contribution in [3.8, 4) is 17.2 Å². The van der Waals surface area contributed by atoms with Crippen molar-refractivity contribution in [1.29, 1.82) is 5.26 Å². The van der Waals surface area contributed by atoms with Gasteiger partial charge in [-0.2, -0.15) is 10.4 Å². The van der Waals surface area contributed by atoms with Gasteiger partial charge >= 0.3 is 0 Å². The van der Waals surface area contributed by atoms with Crippen molar-refractivity contribution >= 4 is 11.1 Å². The molecule has 24 heavy (non-hydrogen) atoms. The van der Waals surface area contributed by atoms with Crippen molar-refractivity contribution in [3.05, 3.63) is 60.4 Å². The fourth-order valence-corrected chi connectivity index (χ4v) is 3.19. The molecule has 4 nitrogen and oxygen atoms in total. The lowest BCUT2D eigenvalue weighted by Gasteiger charge is -2.17. The van der Waals surface area contributed by atoms with Crippen molar-refractivity contribution in [2.24, 2.45) is 5.92 Å². The van der Waals surface area contributed by atoms with E-state index in [1.165, 1.54) is 12.1 Å². The van der Waals surface area contributed by atoms with Crippen LogP contribution in [0.1, 0.15) is 25.0 Å². The molecule has 118 valence electrons. The largest absolute Gasteiger partial charge is 0.253 e. The Morgan fingerprint density at radius 3 is 2.79 bits per heavy atom. The smallest absolute Gasteiger partial charge is 0.123 e. The quantitative estimate of drug-likeness (QED) is 0.710. The predicted molar refractivity (Wildman–Crippen MR) is 89.3 cm³/mol. The Bertz CT molecular complexity index is 963. The third-order valence-corrected chi connectivity index (χ3v) is 4.48. The molecule has 3 aromatic rings. The van der Waals surface area contributed by atoms with E-state index in [2.05, 4.69) is 22.2 Å². The fraction of sp³-hybridized carbons (Fsp3) is 0.211. The minimum atomic E-state index is -0.258. The van der Waals surface area contributed by atoms with E-state index in [4.69, 9.17) is 5.26 Å². The summed E-state index contributed by atoms with van der Waals surface area (Å²) < 4.78 is 15.0. The molecule has 0 fully saturated rings. The van der Waals surface area contributed by atoms with Gasteiger partial charge in [-0.25, -0.2) is 8.91 Å². The Labute approximate surface area is 138 Å². The first kappa shape index (κ1) is 14.6. The summed E-state index contributed by atoms with van der Waals surface area (Å²) in [6, 6.07) is 8.74. The molecular weight excluding hydrogens is 303 g/mol. The van der Waals surface area contributed by atoms with Gasteiger partial charge < -0.3 is 0 Å². The van der Waals surface area contributed by atoms with Crippen molar-refractivity contribution in [2.75, 3.05) is 0 Å². The number of benzene rings is 1. The topological polar surface area (TPSA) is 54.0 Å². The normalized spacial score (nSPS) is 17.5. The number of halogens is 1. The molecule has 0 radical (unpaired) electrons. The third kappa shape index (κ3) is 2.46. The summed E-state index contributed by atoms with van der Waals surface area (Å²) in [5.74, 6) is -0.166. The molecule has 0 saturated carbocycles. The molecule has 1 unspecified atom stereocenters. The molecule has 0 spiro atoms. The van der Waals surface area contributed by atoms with Crippen LogP contribution in [0.3, 0.4) is 0 Å². The zero-order chi connectivity index (χ0) is 16.5. The molecule has 2 heterocycles. The highest BCUT2D eigenvalue weighted by molar-refractivity contribution is 5.88. The van der Waals surface area contributed by atoms with Gasteiger partial charge in [0.05, 0.1) is 29.4 Å². The van der Waals surface area contributed by atoms with Gasteiger partial charge in [-0.3, -0.25) is 4.98 Å². The first-order valence-electron chi connectivity index (χ1n) is 7.93. The highest BCUT2D eigenvalue weighted by atomic mass is 19.1. The monoisotopic (exact) mass is 318 g/mol. The maximum Gasteiger partial charge on any atom is 0.123 e. The second kappa shape index (κ2) is 5.89. The zero-order valence-corrected chi connectivity index (χ0v) is 13.0. The summed E-state index contributed by atoms with van der Waals surface area (Å²) in [7, 11) is 0. The molecule has 1 aromatic carbocycles. The lowest BCUT2D eigenvalue weighted by atomic mass is 9.88. The van der Waals surface area contributed by atoms with Gasteiger partial charge in [-0.1, -0.05) is 18.2 Å². The Morgan fingerprint density at radius 1 is 1.25 bits per heavy atom. The van der Waals surface area contributed by atoms with Gasteiger partial charge in [-0.15, -0.1) is 0 Å². The van der Waals surface area contributed by atoms with Crippen molar-refractivity contribution < 1.29 is 4.39 Å². The summed E-state index contributed by atoms with van der Waals surface area (Å²) in [6.07, 6.45) is 9.89. The van der Waals surface area contributed by atoms with Crippen molar-refractivity contribution in [1.82, 2.24) is 14.6 Å². The number of hydrogen-bond donors (Lipinski definition) is 0. The van der Waals surface area contributed by atoms with Crippen LogP contribution in [0.15, 0.2) is 48.9 Å². The van der Waals surface area contributed by atoms with E-state index < -0.39 is 0 Å². The van der Waals surface area contributed by atoms with Crippen LogP contribution < -0.4 is 0 Å². The van der Waals surface area contributed by atoms with E-state index in [1.807, 2.05) is 6.20 Å². The van der Waals surface area contributed by atoms with Crippen LogP contribution in [-0.4, -0.2) is 14.6 Å². The average Bonchev–Trinajstić information content (AvgIpc) is 3.07. The lowest BCUT2D eigenvalue weighted by Crippen LogP contribution is -2.05. The molecule has 2 aromatic heterocycles. The van der Waals surface area contributed by atoms with Crippen LogP contribution >= 0.6 is 0 Å². The van der Waals surface area contributed by atoms with E-state index in [0.29, 0.717) is 0 Å². The number of aromatic nitrogens is 3. The van der Waals surface area contributed by atoms with Gasteiger partial charge in [0.2, 0.25) is 0 Å². The third-order valence-electron chi connectivity index (χ3n) is 4.48. The first-order chi connectivity index (χ1) is 11.8. The maximum absolute atomic E-state index is 13.2. The van der Waals surface area contributed by atoms with E-state index in [9.17, 15) is 4.39 Å². The number of nitriles is 1. The van der Waals surface area contributed by atoms with E-state index in [1.54, 1.807) is 29.0 Å². The Kier molecular flexibility index (Phi) is 3.58. The molecule has 4 rings (SSSR count). The highest BCUT2D eigenvalue weighted by Gasteiger charge is 2.19.